The van der Waals surface area contributed by atoms with Crippen molar-refractivity contribution in [1.29, 1.82) is 0 Å². The highest BCUT2D eigenvalue weighted by Gasteiger charge is 2.12. The molecule has 2 rings (SSSR count). The molecule has 0 saturated carbocycles. The van der Waals surface area contributed by atoms with Crippen LogP contribution in [0.2, 0.25) is 5.02 Å². The van der Waals surface area contributed by atoms with Crippen molar-refractivity contribution in [1.82, 2.24) is 0 Å². The summed E-state index contributed by atoms with van der Waals surface area (Å²) in [5, 5.41) is 3.70. The van der Waals surface area contributed by atoms with Crippen LogP contribution in [0.25, 0.3) is 0 Å². The number of hydrogen-bond donors (Lipinski definition) is 2. The maximum absolute atomic E-state index is 12.9. The van der Waals surface area contributed by atoms with Crippen molar-refractivity contribution >= 4 is 23.0 Å². The summed E-state index contributed by atoms with van der Waals surface area (Å²) in [5.41, 5.74) is 7.31. The number of nitrogens with two attached hydrogens (primary N) is 1. The molecule has 0 aromatic heterocycles. The lowest BCUT2D eigenvalue weighted by Gasteiger charge is -2.12. The van der Waals surface area contributed by atoms with Gasteiger partial charge in [0.1, 0.15) is 0 Å². The predicted molar refractivity (Wildman–Crippen MR) is 79.5 cm³/mol. The van der Waals surface area contributed by atoms with Crippen molar-refractivity contribution in [3.05, 3.63) is 58.6 Å². The van der Waals surface area contributed by atoms with Gasteiger partial charge in [0.15, 0.2) is 0 Å². The normalized spacial score (nSPS) is 10.8. The SMILES string of the molecule is Nc1ccc(NCCc2ccc(Cl)cc2)c(C(F)F)c1. The summed E-state index contributed by atoms with van der Waals surface area (Å²) in [6.07, 6.45) is -1.82. The van der Waals surface area contributed by atoms with E-state index in [2.05, 4.69) is 5.32 Å². The van der Waals surface area contributed by atoms with Gasteiger partial charge in [-0.25, -0.2) is 8.78 Å². The van der Waals surface area contributed by atoms with Gasteiger partial charge in [-0.15, -0.1) is 0 Å². The molecule has 0 heterocycles. The van der Waals surface area contributed by atoms with E-state index in [9.17, 15) is 8.78 Å². The highest BCUT2D eigenvalue weighted by atomic mass is 35.5. The first-order valence-corrected chi connectivity index (χ1v) is 6.60. The molecule has 2 nitrogen and oxygen atoms in total. The van der Waals surface area contributed by atoms with Gasteiger partial charge in [-0.3, -0.25) is 0 Å². The number of benzene rings is 2. The summed E-state index contributed by atoms with van der Waals surface area (Å²) < 4.78 is 25.8. The quantitative estimate of drug-likeness (QED) is 0.796. The van der Waals surface area contributed by atoms with Crippen molar-refractivity contribution in [2.24, 2.45) is 0 Å². The largest absolute Gasteiger partial charge is 0.399 e. The fraction of sp³-hybridized carbons (Fsp3) is 0.200. The lowest BCUT2D eigenvalue weighted by molar-refractivity contribution is 0.152. The van der Waals surface area contributed by atoms with Crippen molar-refractivity contribution in [3.8, 4) is 0 Å². The standard InChI is InChI=1S/C15H15ClF2N2/c16-11-3-1-10(2-4-11)7-8-20-14-6-5-12(19)9-13(14)15(17)18/h1-6,9,15,20H,7-8,19H2. The van der Waals surface area contributed by atoms with E-state index in [1.54, 1.807) is 12.1 Å². The molecule has 0 atom stereocenters. The molecule has 20 heavy (non-hydrogen) atoms. The Kier molecular flexibility index (Phi) is 4.79. The molecular formula is C15H15ClF2N2. The molecule has 5 heteroatoms. The van der Waals surface area contributed by atoms with Crippen LogP contribution in [-0.4, -0.2) is 6.54 Å². The molecule has 3 N–H and O–H groups in total. The van der Waals surface area contributed by atoms with Gasteiger partial charge in [-0.1, -0.05) is 23.7 Å². The maximum atomic E-state index is 12.9. The molecule has 0 radical (unpaired) electrons. The molecule has 0 aliphatic heterocycles. The summed E-state index contributed by atoms with van der Waals surface area (Å²) >= 11 is 5.80. The first-order valence-electron chi connectivity index (χ1n) is 6.22. The van der Waals surface area contributed by atoms with Crippen LogP contribution in [0.1, 0.15) is 17.6 Å². The second-order valence-electron chi connectivity index (χ2n) is 4.45. The minimum atomic E-state index is -2.54. The Labute approximate surface area is 121 Å². The molecule has 2 aromatic carbocycles. The summed E-state index contributed by atoms with van der Waals surface area (Å²) in [6.45, 7) is 0.561. The molecule has 0 fully saturated rings. The lowest BCUT2D eigenvalue weighted by atomic mass is 10.1. The molecule has 2 aromatic rings. The molecule has 0 saturated heterocycles. The molecule has 0 unspecified atom stereocenters. The van der Waals surface area contributed by atoms with E-state index in [0.717, 1.165) is 12.0 Å². The fourth-order valence-electron chi connectivity index (χ4n) is 1.92. The van der Waals surface area contributed by atoms with E-state index in [0.29, 0.717) is 22.9 Å². The second kappa shape index (κ2) is 6.57. The Bertz CT molecular complexity index is 571. The Balaban J connectivity index is 1.99. The number of nitrogen functional groups attached to an aromatic ring is 1. The average molecular weight is 297 g/mol. The van der Waals surface area contributed by atoms with Crippen LogP contribution in [0.4, 0.5) is 20.2 Å². The number of nitrogens with one attached hydrogen (secondary N) is 1. The summed E-state index contributed by atoms with van der Waals surface area (Å²) in [7, 11) is 0. The van der Waals surface area contributed by atoms with Crippen molar-refractivity contribution < 1.29 is 8.78 Å². The van der Waals surface area contributed by atoms with E-state index in [1.807, 2.05) is 24.3 Å². The molecule has 0 bridgehead atoms. The van der Waals surface area contributed by atoms with Crippen molar-refractivity contribution in [2.75, 3.05) is 17.6 Å². The van der Waals surface area contributed by atoms with Crippen LogP contribution >= 0.6 is 11.6 Å². The average Bonchev–Trinajstić information content (AvgIpc) is 2.42. The van der Waals surface area contributed by atoms with E-state index in [1.165, 1.54) is 6.07 Å². The summed E-state index contributed by atoms with van der Waals surface area (Å²) in [5.74, 6) is 0. The lowest BCUT2D eigenvalue weighted by Crippen LogP contribution is -2.07. The predicted octanol–water partition coefficient (Wildman–Crippen LogP) is 4.51. The summed E-state index contributed by atoms with van der Waals surface area (Å²) in [4.78, 5) is 0. The molecule has 0 aliphatic carbocycles. The van der Waals surface area contributed by atoms with Crippen LogP contribution in [0.15, 0.2) is 42.5 Å². The van der Waals surface area contributed by atoms with Gasteiger partial charge in [-0.05, 0) is 42.3 Å². The van der Waals surface area contributed by atoms with Crippen LogP contribution < -0.4 is 11.1 Å². The Hall–Kier alpha value is -1.81. The molecule has 0 spiro atoms. The highest BCUT2D eigenvalue weighted by molar-refractivity contribution is 6.30. The summed E-state index contributed by atoms with van der Waals surface area (Å²) in [6, 6.07) is 11.9. The second-order valence-corrected chi connectivity index (χ2v) is 4.89. The first-order chi connectivity index (χ1) is 9.56. The first kappa shape index (κ1) is 14.6. The number of halogens is 3. The zero-order valence-electron chi connectivity index (χ0n) is 10.7. The molecular weight excluding hydrogens is 282 g/mol. The van der Waals surface area contributed by atoms with Gasteiger partial charge in [0.25, 0.3) is 6.43 Å². The minimum Gasteiger partial charge on any atom is -0.399 e. The Morgan fingerprint density at radius 1 is 1.10 bits per heavy atom. The van der Waals surface area contributed by atoms with Gasteiger partial charge < -0.3 is 11.1 Å². The number of hydrogen-bond acceptors (Lipinski definition) is 2. The molecule has 0 amide bonds. The van der Waals surface area contributed by atoms with Crippen LogP contribution in [-0.2, 0) is 6.42 Å². The third kappa shape index (κ3) is 3.84. The highest BCUT2D eigenvalue weighted by Crippen LogP contribution is 2.28. The Morgan fingerprint density at radius 3 is 2.45 bits per heavy atom. The monoisotopic (exact) mass is 296 g/mol. The van der Waals surface area contributed by atoms with Crippen molar-refractivity contribution in [2.45, 2.75) is 12.8 Å². The smallest absolute Gasteiger partial charge is 0.265 e. The zero-order chi connectivity index (χ0) is 14.5. The van der Waals surface area contributed by atoms with E-state index < -0.39 is 6.43 Å². The van der Waals surface area contributed by atoms with Crippen LogP contribution in [0, 0.1) is 0 Å². The maximum Gasteiger partial charge on any atom is 0.265 e. The number of anilines is 2. The zero-order valence-corrected chi connectivity index (χ0v) is 11.5. The van der Waals surface area contributed by atoms with E-state index >= 15 is 0 Å². The van der Waals surface area contributed by atoms with E-state index in [4.69, 9.17) is 17.3 Å². The molecule has 0 aliphatic rings. The molecule has 106 valence electrons. The van der Waals surface area contributed by atoms with Gasteiger partial charge in [0.2, 0.25) is 0 Å². The van der Waals surface area contributed by atoms with E-state index in [-0.39, 0.29) is 5.56 Å². The van der Waals surface area contributed by atoms with Crippen molar-refractivity contribution in [3.63, 3.8) is 0 Å². The van der Waals surface area contributed by atoms with Crippen LogP contribution in [0.3, 0.4) is 0 Å². The van der Waals surface area contributed by atoms with Gasteiger partial charge in [0, 0.05) is 28.5 Å². The topological polar surface area (TPSA) is 38.0 Å². The van der Waals surface area contributed by atoms with Crippen LogP contribution in [0.5, 0.6) is 0 Å². The number of rotatable bonds is 5. The van der Waals surface area contributed by atoms with Gasteiger partial charge in [-0.2, -0.15) is 0 Å². The third-order valence-corrected chi connectivity index (χ3v) is 3.21. The number of alkyl halides is 2. The van der Waals surface area contributed by atoms with Gasteiger partial charge in [0.05, 0.1) is 0 Å². The third-order valence-electron chi connectivity index (χ3n) is 2.95. The van der Waals surface area contributed by atoms with Gasteiger partial charge >= 0.3 is 0 Å². The minimum absolute atomic E-state index is 0.0684. The Morgan fingerprint density at radius 2 is 1.80 bits per heavy atom. The fourth-order valence-corrected chi connectivity index (χ4v) is 2.04.